The lowest BCUT2D eigenvalue weighted by Gasteiger charge is -2.29. The van der Waals surface area contributed by atoms with Gasteiger partial charge in [-0.15, -0.1) is 0 Å². The number of aryl methyl sites for hydroxylation is 1. The molecule has 2 aromatic heterocycles. The number of amides is 1. The number of nitrogens with zero attached hydrogens (tertiary/aromatic N) is 3. The van der Waals surface area contributed by atoms with E-state index in [-0.39, 0.29) is 24.6 Å². The Bertz CT molecular complexity index is 1260. The van der Waals surface area contributed by atoms with Crippen molar-refractivity contribution in [2.75, 3.05) is 31.0 Å². The number of pyridine rings is 1. The van der Waals surface area contributed by atoms with Crippen molar-refractivity contribution < 1.29 is 14.3 Å². The van der Waals surface area contributed by atoms with Gasteiger partial charge in [0.25, 0.3) is 0 Å². The maximum absolute atomic E-state index is 12.3. The Hall–Kier alpha value is -3.43. The van der Waals surface area contributed by atoms with Gasteiger partial charge in [0.05, 0.1) is 30.6 Å². The molecule has 0 aliphatic carbocycles. The second-order valence-corrected chi connectivity index (χ2v) is 9.54. The second-order valence-electron chi connectivity index (χ2n) is 9.15. The van der Waals surface area contributed by atoms with Gasteiger partial charge in [-0.1, -0.05) is 6.07 Å². The Labute approximate surface area is 217 Å². The molecule has 0 radical (unpaired) electrons. The Morgan fingerprint density at radius 1 is 1.19 bits per heavy atom. The van der Waals surface area contributed by atoms with Gasteiger partial charge in [-0.3, -0.25) is 9.78 Å². The fourth-order valence-corrected chi connectivity index (χ4v) is 5.45. The average molecular weight is 508 g/mol. The smallest absolute Gasteiger partial charge is 0.250 e. The summed E-state index contributed by atoms with van der Waals surface area (Å²) < 4.78 is 12.8. The number of thiocarbonyl (C=S) groups is 1. The minimum absolute atomic E-state index is 0.0529. The molecule has 4 rings (SSSR count). The van der Waals surface area contributed by atoms with Gasteiger partial charge in [0.15, 0.2) is 5.11 Å². The number of carbonyl (C=O) groups excluding carboxylic acids is 1. The lowest BCUT2D eigenvalue weighted by atomic mass is 9.96. The number of hydrogen-bond donors (Lipinski definition) is 2. The number of aromatic nitrogens is 2. The third kappa shape index (κ3) is 4.81. The molecule has 3 heterocycles. The van der Waals surface area contributed by atoms with Crippen LogP contribution < -0.4 is 20.3 Å². The van der Waals surface area contributed by atoms with Crippen LogP contribution in [-0.2, 0) is 9.53 Å². The number of hydrogen-bond acceptors (Lipinski definition) is 5. The molecule has 0 bridgehead atoms. The zero-order valence-corrected chi connectivity index (χ0v) is 22.3. The summed E-state index contributed by atoms with van der Waals surface area (Å²) in [6.07, 6.45) is 1.80. The molecule has 1 amide bonds. The quantitative estimate of drug-likeness (QED) is 0.422. The molecule has 2 N–H and O–H groups in total. The van der Waals surface area contributed by atoms with E-state index in [9.17, 15) is 4.79 Å². The van der Waals surface area contributed by atoms with Gasteiger partial charge in [-0.2, -0.15) is 0 Å². The van der Waals surface area contributed by atoms with Crippen LogP contribution in [0, 0.1) is 13.8 Å². The Balaban J connectivity index is 1.85. The Morgan fingerprint density at radius 3 is 2.58 bits per heavy atom. The van der Waals surface area contributed by atoms with Crippen LogP contribution in [0.2, 0.25) is 0 Å². The minimum Gasteiger partial charge on any atom is -0.495 e. The molecular formula is C27H33N5O3S. The number of carbonyl (C=O) groups is 1. The number of rotatable bonds is 8. The first-order chi connectivity index (χ1) is 17.3. The van der Waals surface area contributed by atoms with E-state index < -0.39 is 0 Å². The maximum Gasteiger partial charge on any atom is 0.250 e. The van der Waals surface area contributed by atoms with E-state index in [0.717, 1.165) is 11.4 Å². The van der Waals surface area contributed by atoms with E-state index in [1.807, 2.05) is 36.4 Å². The van der Waals surface area contributed by atoms with E-state index in [0.29, 0.717) is 22.6 Å². The van der Waals surface area contributed by atoms with Gasteiger partial charge in [-0.05, 0) is 81.9 Å². The van der Waals surface area contributed by atoms with E-state index in [1.54, 1.807) is 13.3 Å². The van der Waals surface area contributed by atoms with Crippen LogP contribution in [0.15, 0.2) is 48.7 Å². The molecule has 1 aliphatic heterocycles. The SMILES string of the molecule is COCC(=O)Nc1cc(N2C(=S)N[C@H](c3ccccn3)[C@H]2c2cc(C)n(C(C)C)c2C)ccc1OC. The van der Waals surface area contributed by atoms with Gasteiger partial charge in [0, 0.05) is 36.4 Å². The van der Waals surface area contributed by atoms with Crippen molar-refractivity contribution in [1.29, 1.82) is 0 Å². The molecule has 0 spiro atoms. The zero-order chi connectivity index (χ0) is 26.0. The first kappa shape index (κ1) is 25.7. The standard InChI is InChI=1S/C27H33N5O3S/c1-16(2)31-17(3)13-20(18(31)4)26-25(21-9-7-8-12-28-21)30-27(36)32(26)19-10-11-23(35-6)22(14-19)29-24(33)15-34-5/h7-14,16,25-26H,15H2,1-6H3,(H,29,33)(H,30,36)/t25-,26-/m1/s1. The number of nitrogens with one attached hydrogen (secondary N) is 2. The fourth-order valence-electron chi connectivity index (χ4n) is 5.11. The summed E-state index contributed by atoms with van der Waals surface area (Å²) in [6.45, 7) is 8.61. The van der Waals surface area contributed by atoms with Gasteiger partial charge >= 0.3 is 0 Å². The van der Waals surface area contributed by atoms with Crippen LogP contribution in [0.1, 0.15) is 54.6 Å². The summed E-state index contributed by atoms with van der Waals surface area (Å²) in [4.78, 5) is 19.0. The summed E-state index contributed by atoms with van der Waals surface area (Å²) in [6, 6.07) is 13.8. The van der Waals surface area contributed by atoms with Gasteiger partial charge < -0.3 is 29.6 Å². The number of benzene rings is 1. The third-order valence-electron chi connectivity index (χ3n) is 6.47. The molecule has 0 saturated carbocycles. The van der Waals surface area contributed by atoms with Crippen LogP contribution in [0.3, 0.4) is 0 Å². The number of methoxy groups -OCH3 is 2. The Morgan fingerprint density at radius 2 is 1.97 bits per heavy atom. The van der Waals surface area contributed by atoms with Crippen molar-refractivity contribution in [1.82, 2.24) is 14.9 Å². The molecular weight excluding hydrogens is 474 g/mol. The predicted octanol–water partition coefficient (Wildman–Crippen LogP) is 4.85. The summed E-state index contributed by atoms with van der Waals surface area (Å²) >= 11 is 5.89. The minimum atomic E-state index is -0.265. The molecule has 36 heavy (non-hydrogen) atoms. The highest BCUT2D eigenvalue weighted by molar-refractivity contribution is 7.80. The number of ether oxygens (including phenoxy) is 2. The summed E-state index contributed by atoms with van der Waals surface area (Å²) in [5.74, 6) is 0.288. The van der Waals surface area contributed by atoms with Gasteiger partial charge in [0.1, 0.15) is 12.4 Å². The van der Waals surface area contributed by atoms with Crippen molar-refractivity contribution in [2.24, 2.45) is 0 Å². The lowest BCUT2D eigenvalue weighted by molar-refractivity contribution is -0.119. The number of anilines is 2. The van der Waals surface area contributed by atoms with Gasteiger partial charge in [0.2, 0.25) is 5.91 Å². The highest BCUT2D eigenvalue weighted by Crippen LogP contribution is 2.45. The first-order valence-corrected chi connectivity index (χ1v) is 12.3. The van der Waals surface area contributed by atoms with E-state index in [1.165, 1.54) is 24.1 Å². The molecule has 3 aromatic rings. The highest BCUT2D eigenvalue weighted by Gasteiger charge is 2.42. The first-order valence-electron chi connectivity index (χ1n) is 11.9. The van der Waals surface area contributed by atoms with E-state index in [4.69, 9.17) is 21.7 Å². The molecule has 1 aliphatic rings. The van der Waals surface area contributed by atoms with Crippen molar-refractivity contribution in [2.45, 2.75) is 45.8 Å². The summed E-state index contributed by atoms with van der Waals surface area (Å²) in [5, 5.41) is 6.98. The predicted molar refractivity (Wildman–Crippen MR) is 146 cm³/mol. The molecule has 190 valence electrons. The second kappa shape index (κ2) is 10.7. The molecule has 8 nitrogen and oxygen atoms in total. The monoisotopic (exact) mass is 507 g/mol. The van der Waals surface area contributed by atoms with Crippen LogP contribution in [0.4, 0.5) is 11.4 Å². The molecule has 0 unspecified atom stereocenters. The molecule has 9 heteroatoms. The Kier molecular flexibility index (Phi) is 7.61. The molecule has 2 atom stereocenters. The molecule has 1 saturated heterocycles. The van der Waals surface area contributed by atoms with Crippen LogP contribution in [0.5, 0.6) is 5.75 Å². The topological polar surface area (TPSA) is 80.7 Å². The normalized spacial score (nSPS) is 17.4. The maximum atomic E-state index is 12.3. The van der Waals surface area contributed by atoms with E-state index in [2.05, 4.69) is 58.8 Å². The van der Waals surface area contributed by atoms with Crippen molar-refractivity contribution in [3.8, 4) is 5.75 Å². The van der Waals surface area contributed by atoms with Crippen LogP contribution in [-0.4, -0.2) is 41.4 Å². The van der Waals surface area contributed by atoms with Crippen molar-refractivity contribution in [3.63, 3.8) is 0 Å². The molecule has 1 aromatic carbocycles. The average Bonchev–Trinajstić information content (AvgIpc) is 3.34. The lowest BCUT2D eigenvalue weighted by Crippen LogP contribution is -2.30. The highest BCUT2D eigenvalue weighted by atomic mass is 32.1. The van der Waals surface area contributed by atoms with E-state index >= 15 is 0 Å². The molecule has 1 fully saturated rings. The van der Waals surface area contributed by atoms with Gasteiger partial charge in [-0.25, -0.2) is 0 Å². The van der Waals surface area contributed by atoms with Crippen molar-refractivity contribution in [3.05, 3.63) is 71.3 Å². The van der Waals surface area contributed by atoms with Crippen LogP contribution in [0.25, 0.3) is 0 Å². The summed E-state index contributed by atoms with van der Waals surface area (Å²) in [7, 11) is 3.06. The third-order valence-corrected chi connectivity index (χ3v) is 6.78. The largest absolute Gasteiger partial charge is 0.495 e. The summed E-state index contributed by atoms with van der Waals surface area (Å²) in [5.41, 5.74) is 5.84. The fraction of sp³-hybridized carbons (Fsp3) is 0.370. The zero-order valence-electron chi connectivity index (χ0n) is 21.5. The van der Waals surface area contributed by atoms with Crippen LogP contribution >= 0.6 is 12.2 Å². The van der Waals surface area contributed by atoms with Crippen molar-refractivity contribution >= 4 is 34.6 Å².